The van der Waals surface area contributed by atoms with Gasteiger partial charge in [0, 0.05) is 5.39 Å². The molecule has 0 spiro atoms. The third-order valence-electron chi connectivity index (χ3n) is 3.23. The molecule has 4 heteroatoms. The Labute approximate surface area is 105 Å². The molecular formula is C14H16N4. The Kier molecular flexibility index (Phi) is 2.11. The molecule has 0 aliphatic carbocycles. The first kappa shape index (κ1) is 11.0. The molecule has 0 atom stereocenters. The van der Waals surface area contributed by atoms with Crippen LogP contribution >= 0.6 is 0 Å². The summed E-state index contributed by atoms with van der Waals surface area (Å²) < 4.78 is 0. The van der Waals surface area contributed by atoms with Crippen LogP contribution in [-0.2, 0) is 5.41 Å². The molecule has 18 heavy (non-hydrogen) atoms. The topological polar surface area (TPSA) is 67.6 Å². The molecular weight excluding hydrogens is 224 g/mol. The van der Waals surface area contributed by atoms with Gasteiger partial charge in [-0.25, -0.2) is 4.98 Å². The average molecular weight is 240 g/mol. The summed E-state index contributed by atoms with van der Waals surface area (Å²) in [5.74, 6) is 0.570. The van der Waals surface area contributed by atoms with Gasteiger partial charge in [-0.3, -0.25) is 5.10 Å². The van der Waals surface area contributed by atoms with Gasteiger partial charge in [0.1, 0.15) is 5.82 Å². The number of hydrogen-bond acceptors (Lipinski definition) is 3. The second kappa shape index (κ2) is 3.45. The van der Waals surface area contributed by atoms with Crippen LogP contribution in [0.25, 0.3) is 21.9 Å². The lowest BCUT2D eigenvalue weighted by Gasteiger charge is -2.19. The molecule has 0 saturated heterocycles. The molecule has 0 bridgehead atoms. The lowest BCUT2D eigenvalue weighted by Crippen LogP contribution is -2.10. The van der Waals surface area contributed by atoms with Gasteiger partial charge in [0.25, 0.3) is 0 Å². The Morgan fingerprint density at radius 3 is 2.67 bits per heavy atom. The number of fused-ring (bicyclic) bond motifs is 2. The fraction of sp³-hybridized carbons (Fsp3) is 0.286. The summed E-state index contributed by atoms with van der Waals surface area (Å²) in [5.41, 5.74) is 8.87. The Balaban J connectivity index is 2.32. The van der Waals surface area contributed by atoms with Crippen LogP contribution in [0.3, 0.4) is 0 Å². The van der Waals surface area contributed by atoms with E-state index in [0.29, 0.717) is 11.5 Å². The summed E-state index contributed by atoms with van der Waals surface area (Å²) in [7, 11) is 0. The van der Waals surface area contributed by atoms with Crippen LogP contribution in [0.15, 0.2) is 24.3 Å². The van der Waals surface area contributed by atoms with Crippen molar-refractivity contribution >= 4 is 27.8 Å². The fourth-order valence-corrected chi connectivity index (χ4v) is 2.09. The number of nitrogen functional groups attached to an aromatic ring is 1. The number of pyridine rings is 1. The Hall–Kier alpha value is -2.10. The molecule has 0 unspecified atom stereocenters. The minimum absolute atomic E-state index is 0.130. The van der Waals surface area contributed by atoms with E-state index in [1.807, 2.05) is 12.1 Å². The predicted molar refractivity (Wildman–Crippen MR) is 74.5 cm³/mol. The number of nitrogens with zero attached hydrogens (tertiary/aromatic N) is 2. The number of rotatable bonds is 0. The monoisotopic (exact) mass is 240 g/mol. The molecule has 2 aromatic heterocycles. The molecule has 0 fully saturated rings. The molecule has 0 aliphatic heterocycles. The minimum atomic E-state index is 0.130. The van der Waals surface area contributed by atoms with Gasteiger partial charge in [0.15, 0.2) is 5.65 Å². The summed E-state index contributed by atoms with van der Waals surface area (Å²) in [6, 6.07) is 8.39. The van der Waals surface area contributed by atoms with Gasteiger partial charge in [-0.2, -0.15) is 5.10 Å². The van der Waals surface area contributed by atoms with Crippen LogP contribution < -0.4 is 5.73 Å². The van der Waals surface area contributed by atoms with E-state index in [1.54, 1.807) is 0 Å². The van der Waals surface area contributed by atoms with E-state index in [4.69, 9.17) is 5.73 Å². The van der Waals surface area contributed by atoms with E-state index < -0.39 is 0 Å². The Bertz CT molecular complexity index is 734. The van der Waals surface area contributed by atoms with E-state index in [0.717, 1.165) is 16.3 Å². The zero-order valence-electron chi connectivity index (χ0n) is 10.8. The first-order chi connectivity index (χ1) is 8.45. The molecule has 3 N–H and O–H groups in total. The van der Waals surface area contributed by atoms with Crippen molar-refractivity contribution in [1.29, 1.82) is 0 Å². The molecule has 0 radical (unpaired) electrons. The maximum absolute atomic E-state index is 5.83. The Morgan fingerprint density at radius 1 is 1.17 bits per heavy atom. The fourth-order valence-electron chi connectivity index (χ4n) is 2.09. The summed E-state index contributed by atoms with van der Waals surface area (Å²) in [4.78, 5) is 4.50. The van der Waals surface area contributed by atoms with Crippen molar-refractivity contribution in [3.05, 3.63) is 29.8 Å². The van der Waals surface area contributed by atoms with Crippen molar-refractivity contribution in [1.82, 2.24) is 15.2 Å². The largest absolute Gasteiger partial charge is 0.384 e. The van der Waals surface area contributed by atoms with Crippen LogP contribution in [0.1, 0.15) is 26.3 Å². The highest BCUT2D eigenvalue weighted by Gasteiger charge is 2.14. The number of H-pyrrole nitrogens is 1. The van der Waals surface area contributed by atoms with Crippen LogP contribution in [0.5, 0.6) is 0 Å². The number of benzene rings is 1. The number of hydrogen-bond donors (Lipinski definition) is 2. The number of aromatic nitrogens is 3. The van der Waals surface area contributed by atoms with E-state index in [1.165, 1.54) is 5.56 Å². The predicted octanol–water partition coefficient (Wildman–Crippen LogP) is 2.99. The highest BCUT2D eigenvalue weighted by Crippen LogP contribution is 2.28. The third-order valence-corrected chi connectivity index (χ3v) is 3.23. The van der Waals surface area contributed by atoms with E-state index in [9.17, 15) is 0 Å². The van der Waals surface area contributed by atoms with Crippen molar-refractivity contribution in [2.75, 3.05) is 5.73 Å². The number of aromatic amines is 1. The van der Waals surface area contributed by atoms with Crippen LogP contribution in [0, 0.1) is 0 Å². The van der Waals surface area contributed by atoms with Crippen molar-refractivity contribution in [2.24, 2.45) is 0 Å². The molecule has 0 amide bonds. The smallest absolute Gasteiger partial charge is 0.183 e. The molecule has 92 valence electrons. The highest BCUT2D eigenvalue weighted by molar-refractivity contribution is 5.96. The van der Waals surface area contributed by atoms with E-state index in [2.05, 4.69) is 48.1 Å². The average Bonchev–Trinajstić information content (AvgIpc) is 2.66. The molecule has 4 nitrogen and oxygen atoms in total. The maximum Gasteiger partial charge on any atom is 0.183 e. The molecule has 0 aliphatic rings. The quantitative estimate of drug-likeness (QED) is 0.634. The number of nitrogens with one attached hydrogen (secondary N) is 1. The van der Waals surface area contributed by atoms with Gasteiger partial charge in [0.2, 0.25) is 0 Å². The van der Waals surface area contributed by atoms with Gasteiger partial charge < -0.3 is 5.73 Å². The molecule has 0 saturated carbocycles. The standard InChI is InChI=1S/C14H16N4/c1-14(2,3)9-4-5-11-8(6-9)7-10-12(15)17-18-13(10)16-11/h4-7H,1-3H3,(H3,15,16,17,18). The zero-order chi connectivity index (χ0) is 12.9. The SMILES string of the molecule is CC(C)(C)c1ccc2nc3n[nH]c(N)c3cc2c1. The van der Waals surface area contributed by atoms with Crippen molar-refractivity contribution in [3.63, 3.8) is 0 Å². The molecule has 1 aromatic carbocycles. The van der Waals surface area contributed by atoms with Crippen LogP contribution in [0.4, 0.5) is 5.82 Å². The van der Waals surface area contributed by atoms with Crippen molar-refractivity contribution in [3.8, 4) is 0 Å². The zero-order valence-corrected chi connectivity index (χ0v) is 10.8. The lowest BCUT2D eigenvalue weighted by molar-refractivity contribution is 0.591. The summed E-state index contributed by atoms with van der Waals surface area (Å²) in [5, 5.41) is 8.82. The summed E-state index contributed by atoms with van der Waals surface area (Å²) in [6.45, 7) is 6.60. The maximum atomic E-state index is 5.83. The number of anilines is 1. The van der Waals surface area contributed by atoms with Gasteiger partial charge in [-0.1, -0.05) is 26.8 Å². The van der Waals surface area contributed by atoms with E-state index in [-0.39, 0.29) is 5.41 Å². The molecule has 3 rings (SSSR count). The minimum Gasteiger partial charge on any atom is -0.384 e. The van der Waals surface area contributed by atoms with E-state index >= 15 is 0 Å². The van der Waals surface area contributed by atoms with Gasteiger partial charge in [0.05, 0.1) is 10.9 Å². The number of nitrogens with two attached hydrogens (primary N) is 1. The van der Waals surface area contributed by atoms with Gasteiger partial charge >= 0.3 is 0 Å². The van der Waals surface area contributed by atoms with Crippen molar-refractivity contribution in [2.45, 2.75) is 26.2 Å². The van der Waals surface area contributed by atoms with Gasteiger partial charge in [-0.15, -0.1) is 0 Å². The second-order valence-electron chi connectivity index (χ2n) is 5.65. The summed E-state index contributed by atoms with van der Waals surface area (Å²) >= 11 is 0. The van der Waals surface area contributed by atoms with Gasteiger partial charge in [-0.05, 0) is 29.2 Å². The van der Waals surface area contributed by atoms with Crippen molar-refractivity contribution < 1.29 is 0 Å². The lowest BCUT2D eigenvalue weighted by atomic mass is 9.86. The summed E-state index contributed by atoms with van der Waals surface area (Å²) in [6.07, 6.45) is 0. The third kappa shape index (κ3) is 1.61. The molecule has 3 aromatic rings. The molecule has 2 heterocycles. The first-order valence-corrected chi connectivity index (χ1v) is 6.00. The normalized spacial score (nSPS) is 12.4. The Morgan fingerprint density at radius 2 is 1.94 bits per heavy atom. The highest BCUT2D eigenvalue weighted by atomic mass is 15.2. The van der Waals surface area contributed by atoms with Crippen LogP contribution in [-0.4, -0.2) is 15.2 Å². The second-order valence-corrected chi connectivity index (χ2v) is 5.65. The first-order valence-electron chi connectivity index (χ1n) is 6.00. The van der Waals surface area contributed by atoms with Crippen LogP contribution in [0.2, 0.25) is 0 Å².